The van der Waals surface area contributed by atoms with Crippen molar-refractivity contribution in [1.29, 1.82) is 0 Å². The first-order chi connectivity index (χ1) is 7.41. The molecular weight excluding hydrogens is 308 g/mol. The fraction of sp³-hybridized carbons (Fsp3) is 0.400. The first-order valence-corrected chi connectivity index (χ1v) is 6.77. The van der Waals surface area contributed by atoms with Crippen LogP contribution < -0.4 is 5.73 Å². The normalized spacial score (nSPS) is 12.2. The van der Waals surface area contributed by atoms with Crippen LogP contribution in [0.25, 0.3) is 0 Å². The smallest absolute Gasteiger partial charge is 0.232 e. The van der Waals surface area contributed by atoms with E-state index in [1.165, 1.54) is 0 Å². The highest BCUT2D eigenvalue weighted by atomic mass is 79.9. The van der Waals surface area contributed by atoms with Gasteiger partial charge in [0.1, 0.15) is 0 Å². The lowest BCUT2D eigenvalue weighted by molar-refractivity contribution is -0.132. The van der Waals surface area contributed by atoms with Crippen molar-refractivity contribution in [2.45, 2.75) is 13.5 Å². The maximum Gasteiger partial charge on any atom is 0.232 e. The lowest BCUT2D eigenvalue weighted by atomic mass is 10.1. The minimum absolute atomic E-state index is 0.0465. The molecule has 0 aromatic carbocycles. The summed E-state index contributed by atoms with van der Waals surface area (Å²) in [7, 11) is 1.75. The molecule has 1 heterocycles. The number of hydrogen-bond acceptors (Lipinski definition) is 3. The Hall–Kier alpha value is -0.460. The van der Waals surface area contributed by atoms with E-state index in [-0.39, 0.29) is 10.9 Å². The maximum atomic E-state index is 11.8. The zero-order valence-corrected chi connectivity index (χ0v) is 12.3. The van der Waals surface area contributed by atoms with E-state index in [0.717, 1.165) is 9.35 Å². The lowest BCUT2D eigenvalue weighted by Crippen LogP contribution is -2.37. The Balaban J connectivity index is 2.62. The molecule has 6 heteroatoms. The van der Waals surface area contributed by atoms with Gasteiger partial charge in [0, 0.05) is 13.6 Å². The van der Waals surface area contributed by atoms with Crippen LogP contribution in [0.4, 0.5) is 0 Å². The SMILES string of the molecule is CC(C(=O)N(C)Cc1csc(Br)c1)C(N)=S. The Kier molecular flexibility index (Phi) is 4.89. The molecular formula is C10H13BrN2OS2. The molecule has 0 radical (unpaired) electrons. The molecule has 1 aromatic heterocycles. The number of rotatable bonds is 4. The molecule has 1 aromatic rings. The van der Waals surface area contributed by atoms with Crippen molar-refractivity contribution in [2.75, 3.05) is 7.05 Å². The molecule has 0 bridgehead atoms. The Morgan fingerprint density at radius 2 is 2.38 bits per heavy atom. The summed E-state index contributed by atoms with van der Waals surface area (Å²) in [4.78, 5) is 13.7. The van der Waals surface area contributed by atoms with E-state index in [9.17, 15) is 4.79 Å². The number of carbonyl (C=O) groups is 1. The van der Waals surface area contributed by atoms with E-state index < -0.39 is 5.92 Å². The third-order valence-electron chi connectivity index (χ3n) is 2.21. The fourth-order valence-electron chi connectivity index (χ4n) is 1.23. The van der Waals surface area contributed by atoms with E-state index in [4.69, 9.17) is 18.0 Å². The fourth-order valence-corrected chi connectivity index (χ4v) is 2.53. The van der Waals surface area contributed by atoms with Crippen LogP contribution in [0.3, 0.4) is 0 Å². The number of thiophene rings is 1. The van der Waals surface area contributed by atoms with Gasteiger partial charge in [0.2, 0.25) is 5.91 Å². The minimum atomic E-state index is -0.401. The summed E-state index contributed by atoms with van der Waals surface area (Å²) in [5, 5.41) is 2.01. The van der Waals surface area contributed by atoms with Gasteiger partial charge in [-0.05, 0) is 39.9 Å². The van der Waals surface area contributed by atoms with E-state index in [2.05, 4.69) is 15.9 Å². The Labute approximate surface area is 113 Å². The average Bonchev–Trinajstić information content (AvgIpc) is 2.61. The van der Waals surface area contributed by atoms with Gasteiger partial charge < -0.3 is 10.6 Å². The van der Waals surface area contributed by atoms with Crippen molar-refractivity contribution in [3.05, 3.63) is 20.8 Å². The van der Waals surface area contributed by atoms with E-state index in [1.807, 2.05) is 11.4 Å². The molecule has 0 saturated heterocycles. The molecule has 1 unspecified atom stereocenters. The van der Waals surface area contributed by atoms with Crippen LogP contribution in [0.1, 0.15) is 12.5 Å². The highest BCUT2D eigenvalue weighted by Gasteiger charge is 2.19. The second-order valence-corrected chi connectivity index (χ2v) is 6.34. The highest BCUT2D eigenvalue weighted by Crippen LogP contribution is 2.21. The molecule has 0 aliphatic heterocycles. The zero-order chi connectivity index (χ0) is 12.3. The summed E-state index contributed by atoms with van der Waals surface area (Å²) in [5.74, 6) is -0.447. The van der Waals surface area contributed by atoms with Gasteiger partial charge in [-0.15, -0.1) is 11.3 Å². The topological polar surface area (TPSA) is 46.3 Å². The molecule has 0 fully saturated rings. The van der Waals surface area contributed by atoms with Crippen LogP contribution in [0, 0.1) is 5.92 Å². The summed E-state index contributed by atoms with van der Waals surface area (Å²) in [5.41, 5.74) is 6.55. The second kappa shape index (κ2) is 5.75. The zero-order valence-electron chi connectivity index (χ0n) is 9.07. The Bertz CT molecular complexity index is 405. The van der Waals surface area contributed by atoms with Crippen molar-refractivity contribution in [3.63, 3.8) is 0 Å². The average molecular weight is 321 g/mol. The first kappa shape index (κ1) is 13.6. The van der Waals surface area contributed by atoms with Crippen LogP contribution in [0.5, 0.6) is 0 Å². The van der Waals surface area contributed by atoms with Crippen molar-refractivity contribution < 1.29 is 4.79 Å². The standard InChI is InChI=1S/C10H13BrN2OS2/c1-6(9(12)15)10(14)13(2)4-7-3-8(11)16-5-7/h3,5-6H,4H2,1-2H3,(H2,12,15). The number of nitrogens with two attached hydrogens (primary N) is 1. The molecule has 2 N–H and O–H groups in total. The largest absolute Gasteiger partial charge is 0.393 e. The quantitative estimate of drug-likeness (QED) is 0.866. The Morgan fingerprint density at radius 3 is 2.81 bits per heavy atom. The molecule has 0 aliphatic rings. The molecule has 0 spiro atoms. The number of amides is 1. The highest BCUT2D eigenvalue weighted by molar-refractivity contribution is 9.11. The summed E-state index contributed by atoms with van der Waals surface area (Å²) < 4.78 is 1.06. The third-order valence-corrected chi connectivity index (χ3v) is 4.12. The van der Waals surface area contributed by atoms with Gasteiger partial charge in [-0.1, -0.05) is 12.2 Å². The number of carbonyl (C=O) groups excluding carboxylic acids is 1. The molecule has 88 valence electrons. The van der Waals surface area contributed by atoms with Crippen molar-refractivity contribution in [1.82, 2.24) is 4.90 Å². The molecule has 1 rings (SSSR count). The first-order valence-electron chi connectivity index (χ1n) is 4.69. The molecule has 0 aliphatic carbocycles. The number of halogens is 1. The number of nitrogens with zero attached hydrogens (tertiary/aromatic N) is 1. The van der Waals surface area contributed by atoms with Gasteiger partial charge in [0.05, 0.1) is 14.7 Å². The summed E-state index contributed by atoms with van der Waals surface area (Å²) in [6, 6.07) is 2.00. The van der Waals surface area contributed by atoms with Crippen molar-refractivity contribution in [3.8, 4) is 0 Å². The van der Waals surface area contributed by atoms with Gasteiger partial charge in [-0.2, -0.15) is 0 Å². The monoisotopic (exact) mass is 320 g/mol. The van der Waals surface area contributed by atoms with Crippen molar-refractivity contribution >= 4 is 50.4 Å². The van der Waals surface area contributed by atoms with Crippen LogP contribution >= 0.6 is 39.5 Å². The lowest BCUT2D eigenvalue weighted by Gasteiger charge is -2.20. The Morgan fingerprint density at radius 1 is 1.75 bits per heavy atom. The van der Waals surface area contributed by atoms with Gasteiger partial charge in [0.25, 0.3) is 0 Å². The van der Waals surface area contributed by atoms with E-state index in [1.54, 1.807) is 30.2 Å². The minimum Gasteiger partial charge on any atom is -0.393 e. The summed E-state index contributed by atoms with van der Waals surface area (Å²) in [6.07, 6.45) is 0. The van der Waals surface area contributed by atoms with Gasteiger partial charge in [0.15, 0.2) is 0 Å². The second-order valence-electron chi connectivity index (χ2n) is 3.58. The summed E-state index contributed by atoms with van der Waals surface area (Å²) >= 11 is 9.79. The number of hydrogen-bond donors (Lipinski definition) is 1. The molecule has 16 heavy (non-hydrogen) atoms. The van der Waals surface area contributed by atoms with Crippen LogP contribution in [0.2, 0.25) is 0 Å². The van der Waals surface area contributed by atoms with Crippen LogP contribution in [0.15, 0.2) is 15.2 Å². The maximum absolute atomic E-state index is 11.8. The predicted octanol–water partition coefficient (Wildman–Crippen LogP) is 2.39. The van der Waals surface area contributed by atoms with Crippen molar-refractivity contribution in [2.24, 2.45) is 11.7 Å². The molecule has 0 saturated carbocycles. The van der Waals surface area contributed by atoms with Gasteiger partial charge in [-0.25, -0.2) is 0 Å². The third kappa shape index (κ3) is 3.54. The van der Waals surface area contributed by atoms with Crippen LogP contribution in [-0.2, 0) is 11.3 Å². The van der Waals surface area contributed by atoms with Gasteiger partial charge >= 0.3 is 0 Å². The molecule has 3 nitrogen and oxygen atoms in total. The van der Waals surface area contributed by atoms with Gasteiger partial charge in [-0.3, -0.25) is 4.79 Å². The predicted molar refractivity (Wildman–Crippen MR) is 74.4 cm³/mol. The van der Waals surface area contributed by atoms with Crippen LogP contribution in [-0.4, -0.2) is 22.8 Å². The molecule has 1 amide bonds. The van der Waals surface area contributed by atoms with E-state index >= 15 is 0 Å². The number of thiocarbonyl (C=S) groups is 1. The molecule has 1 atom stereocenters. The van der Waals surface area contributed by atoms with E-state index in [0.29, 0.717) is 6.54 Å². The summed E-state index contributed by atoms with van der Waals surface area (Å²) in [6.45, 7) is 2.30.